The summed E-state index contributed by atoms with van der Waals surface area (Å²) in [6.07, 6.45) is 2.04. The molecule has 1 atom stereocenters. The first-order chi connectivity index (χ1) is 4.20. The van der Waals surface area contributed by atoms with Gasteiger partial charge >= 0.3 is 0 Å². The summed E-state index contributed by atoms with van der Waals surface area (Å²) < 4.78 is 0. The number of rotatable bonds is 3. The molecule has 0 N–H and O–H groups in total. The average Bonchev–Trinajstić information content (AvgIpc) is 1.82. The Kier molecular flexibility index (Phi) is 4.13. The lowest BCUT2D eigenvalue weighted by molar-refractivity contribution is 0.473. The molecule has 0 aromatic carbocycles. The predicted octanol–water partition coefficient (Wildman–Crippen LogP) is 2.58. The number of nitrogens with zero attached hydrogens (tertiary/aromatic N) is 1. The summed E-state index contributed by atoms with van der Waals surface area (Å²) in [7, 11) is 0. The first-order valence-electron chi connectivity index (χ1n) is 3.60. The van der Waals surface area contributed by atoms with Crippen molar-refractivity contribution in [2.45, 2.75) is 33.6 Å². The Morgan fingerprint density at radius 2 is 2.00 bits per heavy atom. The highest BCUT2D eigenvalue weighted by atomic mass is 14.3. The normalized spacial score (nSPS) is 13.2. The summed E-state index contributed by atoms with van der Waals surface area (Å²) in [5, 5.41) is 8.52. The maximum absolute atomic E-state index is 8.52. The van der Waals surface area contributed by atoms with E-state index < -0.39 is 0 Å². The summed E-state index contributed by atoms with van der Waals surface area (Å²) in [5.41, 5.74) is 0. The lowest BCUT2D eigenvalue weighted by Gasteiger charge is -2.07. The van der Waals surface area contributed by atoms with Gasteiger partial charge in [-0.15, -0.1) is 0 Å². The van der Waals surface area contributed by atoms with Gasteiger partial charge in [0.25, 0.3) is 0 Å². The zero-order valence-corrected chi connectivity index (χ0v) is 6.52. The minimum atomic E-state index is 0.282. The van der Waals surface area contributed by atoms with Crippen LogP contribution in [0, 0.1) is 23.2 Å². The molecule has 0 aliphatic carbocycles. The Morgan fingerprint density at radius 1 is 1.44 bits per heavy atom. The van der Waals surface area contributed by atoms with E-state index in [4.69, 9.17) is 5.26 Å². The van der Waals surface area contributed by atoms with Crippen molar-refractivity contribution < 1.29 is 0 Å². The molecule has 0 radical (unpaired) electrons. The molecule has 0 saturated heterocycles. The molecule has 1 unspecified atom stereocenters. The second kappa shape index (κ2) is 4.38. The van der Waals surface area contributed by atoms with Crippen LogP contribution in [-0.2, 0) is 0 Å². The molecular weight excluding hydrogens is 110 g/mol. The fourth-order valence-corrected chi connectivity index (χ4v) is 0.880. The first kappa shape index (κ1) is 8.49. The molecule has 1 nitrogen and oxygen atoms in total. The van der Waals surface area contributed by atoms with Gasteiger partial charge in [0, 0.05) is 5.92 Å². The van der Waals surface area contributed by atoms with Gasteiger partial charge < -0.3 is 0 Å². The van der Waals surface area contributed by atoms with Crippen molar-refractivity contribution in [2.24, 2.45) is 11.8 Å². The largest absolute Gasteiger partial charge is 0.198 e. The van der Waals surface area contributed by atoms with Gasteiger partial charge in [-0.2, -0.15) is 5.26 Å². The Bertz CT molecular complexity index is 99.6. The molecule has 0 heterocycles. The summed E-state index contributed by atoms with van der Waals surface area (Å²) in [6.45, 7) is 6.37. The lowest BCUT2D eigenvalue weighted by Crippen LogP contribution is -1.99. The van der Waals surface area contributed by atoms with Crippen molar-refractivity contribution in [3.05, 3.63) is 0 Å². The van der Waals surface area contributed by atoms with Gasteiger partial charge in [0.2, 0.25) is 0 Å². The summed E-state index contributed by atoms with van der Waals surface area (Å²) >= 11 is 0. The van der Waals surface area contributed by atoms with Crippen molar-refractivity contribution in [2.75, 3.05) is 0 Å². The van der Waals surface area contributed by atoms with E-state index in [9.17, 15) is 0 Å². The fourth-order valence-electron chi connectivity index (χ4n) is 0.880. The third-order valence-electron chi connectivity index (χ3n) is 1.43. The standard InChI is InChI=1S/C8H15N/c1-4-8(6-9)5-7(2)3/h7-8H,4-5H2,1-3H3. The number of hydrogen-bond donors (Lipinski definition) is 0. The quantitative estimate of drug-likeness (QED) is 0.568. The minimum absolute atomic E-state index is 0.282. The third-order valence-corrected chi connectivity index (χ3v) is 1.43. The van der Waals surface area contributed by atoms with E-state index in [2.05, 4.69) is 26.8 Å². The van der Waals surface area contributed by atoms with Crippen molar-refractivity contribution in [1.29, 1.82) is 5.26 Å². The fraction of sp³-hybridized carbons (Fsp3) is 0.875. The second-order valence-corrected chi connectivity index (χ2v) is 2.86. The Labute approximate surface area is 57.7 Å². The van der Waals surface area contributed by atoms with Crippen LogP contribution < -0.4 is 0 Å². The van der Waals surface area contributed by atoms with Crippen molar-refractivity contribution in [3.63, 3.8) is 0 Å². The highest BCUT2D eigenvalue weighted by Gasteiger charge is 2.05. The summed E-state index contributed by atoms with van der Waals surface area (Å²) in [6, 6.07) is 2.28. The van der Waals surface area contributed by atoms with Crippen molar-refractivity contribution >= 4 is 0 Å². The van der Waals surface area contributed by atoms with E-state index in [1.165, 1.54) is 0 Å². The van der Waals surface area contributed by atoms with Gasteiger partial charge in [0.05, 0.1) is 6.07 Å². The molecule has 0 aliphatic rings. The molecule has 52 valence electrons. The molecule has 0 bridgehead atoms. The van der Waals surface area contributed by atoms with Crippen molar-refractivity contribution in [1.82, 2.24) is 0 Å². The summed E-state index contributed by atoms with van der Waals surface area (Å²) in [4.78, 5) is 0. The molecule has 0 amide bonds. The maximum atomic E-state index is 8.52. The molecule has 9 heavy (non-hydrogen) atoms. The van der Waals surface area contributed by atoms with E-state index in [0.29, 0.717) is 5.92 Å². The molecule has 0 rings (SSSR count). The zero-order valence-electron chi connectivity index (χ0n) is 6.52. The minimum Gasteiger partial charge on any atom is -0.198 e. The van der Waals surface area contributed by atoms with E-state index in [1.54, 1.807) is 0 Å². The molecule has 0 saturated carbocycles. The Hall–Kier alpha value is -0.510. The van der Waals surface area contributed by atoms with E-state index in [-0.39, 0.29) is 5.92 Å². The second-order valence-electron chi connectivity index (χ2n) is 2.86. The van der Waals surface area contributed by atoms with Gasteiger partial charge in [-0.25, -0.2) is 0 Å². The van der Waals surface area contributed by atoms with Gasteiger partial charge in [0.15, 0.2) is 0 Å². The lowest BCUT2D eigenvalue weighted by atomic mass is 9.96. The van der Waals surface area contributed by atoms with Crippen LogP contribution in [0.4, 0.5) is 0 Å². The van der Waals surface area contributed by atoms with Crippen molar-refractivity contribution in [3.8, 4) is 6.07 Å². The average molecular weight is 125 g/mol. The van der Waals surface area contributed by atoms with Crippen LogP contribution in [0.1, 0.15) is 33.6 Å². The molecule has 0 fully saturated rings. The van der Waals surface area contributed by atoms with Gasteiger partial charge in [0.1, 0.15) is 0 Å². The first-order valence-corrected chi connectivity index (χ1v) is 3.60. The van der Waals surface area contributed by atoms with Crippen LogP contribution >= 0.6 is 0 Å². The van der Waals surface area contributed by atoms with Crippen LogP contribution in [0.3, 0.4) is 0 Å². The van der Waals surface area contributed by atoms with E-state index in [0.717, 1.165) is 12.8 Å². The topological polar surface area (TPSA) is 23.8 Å². The van der Waals surface area contributed by atoms with Crippen LogP contribution in [-0.4, -0.2) is 0 Å². The predicted molar refractivity (Wildman–Crippen MR) is 38.8 cm³/mol. The highest BCUT2D eigenvalue weighted by Crippen LogP contribution is 2.12. The third kappa shape index (κ3) is 4.02. The Morgan fingerprint density at radius 3 is 2.11 bits per heavy atom. The summed E-state index contributed by atoms with van der Waals surface area (Å²) in [5.74, 6) is 0.944. The maximum Gasteiger partial charge on any atom is 0.0655 e. The van der Waals surface area contributed by atoms with Crippen LogP contribution in [0.15, 0.2) is 0 Å². The molecule has 0 aliphatic heterocycles. The van der Waals surface area contributed by atoms with Crippen LogP contribution in [0.25, 0.3) is 0 Å². The number of hydrogen-bond acceptors (Lipinski definition) is 1. The van der Waals surface area contributed by atoms with Crippen LogP contribution in [0.2, 0.25) is 0 Å². The van der Waals surface area contributed by atoms with Crippen LogP contribution in [0.5, 0.6) is 0 Å². The molecule has 0 aromatic rings. The van der Waals surface area contributed by atoms with E-state index >= 15 is 0 Å². The zero-order chi connectivity index (χ0) is 7.28. The SMILES string of the molecule is CCC(C#N)CC(C)C. The molecular formula is C8H15N. The number of nitriles is 1. The monoisotopic (exact) mass is 125 g/mol. The van der Waals surface area contributed by atoms with E-state index in [1.807, 2.05) is 0 Å². The molecule has 0 spiro atoms. The van der Waals surface area contributed by atoms with Gasteiger partial charge in [-0.1, -0.05) is 20.8 Å². The van der Waals surface area contributed by atoms with Gasteiger partial charge in [-0.05, 0) is 18.8 Å². The van der Waals surface area contributed by atoms with Gasteiger partial charge in [-0.3, -0.25) is 0 Å². The smallest absolute Gasteiger partial charge is 0.0655 e. The molecule has 0 aromatic heterocycles. The molecule has 1 heteroatoms. The Balaban J connectivity index is 3.47. The highest BCUT2D eigenvalue weighted by molar-refractivity contribution is 4.81.